The van der Waals surface area contributed by atoms with E-state index in [1.54, 1.807) is 0 Å². The van der Waals surface area contributed by atoms with Gasteiger partial charge in [0, 0.05) is 3.57 Å². The highest BCUT2D eigenvalue weighted by Gasteiger charge is 2.46. The molecule has 2 atom stereocenters. The van der Waals surface area contributed by atoms with Gasteiger partial charge in [-0.15, -0.1) is 0 Å². The smallest absolute Gasteiger partial charge is 0.312 e. The number of rotatable bonds is 13. The number of phenolic OH excluding ortho intramolecular Hbond substituents is 1. The van der Waals surface area contributed by atoms with E-state index in [0.29, 0.717) is 25.9 Å². The van der Waals surface area contributed by atoms with Gasteiger partial charge in [0.1, 0.15) is 11.4 Å². The second kappa shape index (κ2) is 13.7. The largest absolute Gasteiger partial charge is 0.507 e. The maximum absolute atomic E-state index is 13.7. The summed E-state index contributed by atoms with van der Waals surface area (Å²) in [5, 5.41) is 11.1. The number of benzene rings is 1. The summed E-state index contributed by atoms with van der Waals surface area (Å²) < 4.78 is 13.7. The predicted molar refractivity (Wildman–Crippen MR) is 166 cm³/mol. The molecule has 1 aromatic rings. The van der Waals surface area contributed by atoms with Crippen molar-refractivity contribution in [3.05, 3.63) is 24.8 Å². The highest BCUT2D eigenvalue weighted by molar-refractivity contribution is 14.1. The van der Waals surface area contributed by atoms with E-state index in [1.165, 1.54) is 0 Å². The lowest BCUT2D eigenvalue weighted by molar-refractivity contribution is -0.176. The van der Waals surface area contributed by atoms with Crippen LogP contribution in [-0.2, 0) is 19.1 Å². The fourth-order valence-electron chi connectivity index (χ4n) is 5.38. The van der Waals surface area contributed by atoms with Crippen LogP contribution in [0.25, 0.3) is 0 Å². The van der Waals surface area contributed by atoms with E-state index in [1.807, 2.05) is 39.8 Å². The molecule has 37 heavy (non-hydrogen) atoms. The summed E-state index contributed by atoms with van der Waals surface area (Å²) in [6, 6.07) is 3.91. The molecule has 0 heterocycles. The van der Waals surface area contributed by atoms with Crippen LogP contribution in [0.1, 0.15) is 118 Å². The van der Waals surface area contributed by atoms with Crippen molar-refractivity contribution < 1.29 is 24.2 Å². The summed E-state index contributed by atoms with van der Waals surface area (Å²) >= 11 is 4.40. The highest BCUT2D eigenvalue weighted by atomic mass is 127. The molecule has 0 bridgehead atoms. The average Bonchev–Trinajstić information content (AvgIpc) is 3.30. The fraction of sp³-hybridized carbons (Fsp3) is 0.733. The van der Waals surface area contributed by atoms with Crippen LogP contribution in [0.4, 0.5) is 0 Å². The van der Waals surface area contributed by atoms with E-state index < -0.39 is 16.4 Å². The Labute approximate surface area is 251 Å². The SMILES string of the molecule is CCCCOC(=O)C(C)(CC)CC(CC(C)(C)C(=O)OC1(C(C)C)CCCC1)c1cc(I)cc(I)c1O. The molecule has 1 fully saturated rings. The molecule has 1 aromatic carbocycles. The molecule has 1 aliphatic carbocycles. The van der Waals surface area contributed by atoms with Crippen molar-refractivity contribution in [2.45, 2.75) is 118 Å². The average molecular weight is 741 g/mol. The van der Waals surface area contributed by atoms with Gasteiger partial charge in [-0.25, -0.2) is 0 Å². The zero-order chi connectivity index (χ0) is 28.0. The topological polar surface area (TPSA) is 72.8 Å². The second-order valence-corrected chi connectivity index (χ2v) is 14.4. The van der Waals surface area contributed by atoms with Crippen molar-refractivity contribution in [1.82, 2.24) is 0 Å². The van der Waals surface area contributed by atoms with Crippen LogP contribution in [0, 0.1) is 23.9 Å². The molecule has 2 rings (SSSR count). The number of ether oxygens (including phenoxy) is 2. The number of carbonyl (C=O) groups excluding carboxylic acids is 2. The van der Waals surface area contributed by atoms with Gasteiger partial charge < -0.3 is 14.6 Å². The number of carbonyl (C=O) groups is 2. The van der Waals surface area contributed by atoms with Gasteiger partial charge in [0.15, 0.2) is 0 Å². The first kappa shape index (κ1) is 32.6. The highest BCUT2D eigenvalue weighted by Crippen LogP contribution is 2.47. The Morgan fingerprint density at radius 2 is 1.68 bits per heavy atom. The molecule has 0 spiro atoms. The zero-order valence-electron chi connectivity index (χ0n) is 23.7. The number of phenols is 1. The van der Waals surface area contributed by atoms with Crippen molar-refractivity contribution in [1.29, 1.82) is 0 Å². The Kier molecular flexibility index (Phi) is 12.0. The molecule has 1 aliphatic rings. The van der Waals surface area contributed by atoms with Crippen molar-refractivity contribution in [3.63, 3.8) is 0 Å². The lowest BCUT2D eigenvalue weighted by Crippen LogP contribution is -2.42. The molecule has 210 valence electrons. The number of esters is 2. The molecule has 0 amide bonds. The molecule has 1 N–H and O–H groups in total. The Morgan fingerprint density at radius 1 is 1.05 bits per heavy atom. The number of unbranched alkanes of at least 4 members (excludes halogenated alkanes) is 1. The molecule has 2 unspecified atom stereocenters. The summed E-state index contributed by atoms with van der Waals surface area (Å²) in [7, 11) is 0. The summed E-state index contributed by atoms with van der Waals surface area (Å²) in [6.07, 6.45) is 7.31. The minimum Gasteiger partial charge on any atom is -0.507 e. The maximum atomic E-state index is 13.7. The molecule has 1 saturated carbocycles. The lowest BCUT2D eigenvalue weighted by atomic mass is 9.70. The zero-order valence-corrected chi connectivity index (χ0v) is 28.0. The van der Waals surface area contributed by atoms with Crippen LogP contribution < -0.4 is 0 Å². The minimum absolute atomic E-state index is 0.198. The summed E-state index contributed by atoms with van der Waals surface area (Å²) in [6.45, 7) is 14.6. The van der Waals surface area contributed by atoms with Crippen LogP contribution >= 0.6 is 45.2 Å². The standard InChI is InChI=1S/C30H46I2O5/c1-8-10-15-36-27(35)29(7,9-2)19-21(23-16-22(31)17-24(32)25(23)33)18-28(5,6)26(34)37-30(20(3)4)13-11-12-14-30/h16-17,20-21,33H,8-15,18-19H2,1-7H3. The van der Waals surface area contributed by atoms with E-state index >= 15 is 0 Å². The molecular weight excluding hydrogens is 694 g/mol. The van der Waals surface area contributed by atoms with Gasteiger partial charge in [0.25, 0.3) is 0 Å². The third kappa shape index (κ3) is 8.21. The second-order valence-electron chi connectivity index (χ2n) is 12.0. The Bertz CT molecular complexity index is 936. The monoisotopic (exact) mass is 740 g/mol. The van der Waals surface area contributed by atoms with Crippen LogP contribution in [-0.4, -0.2) is 29.3 Å². The Hall–Kier alpha value is -0.580. The first-order chi connectivity index (χ1) is 17.2. The third-order valence-corrected chi connectivity index (χ3v) is 9.75. The van der Waals surface area contributed by atoms with E-state index in [-0.39, 0.29) is 29.5 Å². The van der Waals surface area contributed by atoms with Crippen LogP contribution in [0.5, 0.6) is 5.75 Å². The number of hydrogen-bond acceptors (Lipinski definition) is 5. The molecule has 0 aliphatic heterocycles. The number of aromatic hydroxyl groups is 1. The minimum atomic E-state index is -0.797. The van der Waals surface area contributed by atoms with Gasteiger partial charge in [-0.1, -0.05) is 34.1 Å². The van der Waals surface area contributed by atoms with Crippen LogP contribution in [0.3, 0.4) is 0 Å². The summed E-state index contributed by atoms with van der Waals surface area (Å²) in [5.41, 5.74) is -1.15. The number of hydrogen-bond donors (Lipinski definition) is 1. The summed E-state index contributed by atoms with van der Waals surface area (Å²) in [4.78, 5) is 26.9. The molecular formula is C30H46I2O5. The molecule has 0 radical (unpaired) electrons. The molecule has 7 heteroatoms. The van der Waals surface area contributed by atoms with Gasteiger partial charge in [0.2, 0.25) is 0 Å². The van der Waals surface area contributed by atoms with Crippen molar-refractivity contribution in [2.24, 2.45) is 16.7 Å². The van der Waals surface area contributed by atoms with E-state index in [2.05, 4.69) is 66.0 Å². The Balaban J connectivity index is 2.42. The van der Waals surface area contributed by atoms with Crippen molar-refractivity contribution in [3.8, 4) is 5.75 Å². The van der Waals surface area contributed by atoms with Crippen LogP contribution in [0.2, 0.25) is 0 Å². The molecule has 0 saturated heterocycles. The van der Waals surface area contributed by atoms with E-state index in [9.17, 15) is 14.7 Å². The number of halogens is 2. The molecule has 0 aromatic heterocycles. The third-order valence-electron chi connectivity index (χ3n) is 8.31. The lowest BCUT2D eigenvalue weighted by Gasteiger charge is -2.38. The van der Waals surface area contributed by atoms with Gasteiger partial charge in [-0.3, -0.25) is 9.59 Å². The normalized spacial score (nSPS) is 17.9. The van der Waals surface area contributed by atoms with Gasteiger partial charge in [0.05, 0.1) is 21.0 Å². The quantitative estimate of drug-likeness (QED) is 0.125. The van der Waals surface area contributed by atoms with E-state index in [4.69, 9.17) is 9.47 Å². The summed E-state index contributed by atoms with van der Waals surface area (Å²) in [5.74, 6) is -0.154. The van der Waals surface area contributed by atoms with Gasteiger partial charge >= 0.3 is 11.9 Å². The Morgan fingerprint density at radius 3 is 2.22 bits per heavy atom. The first-order valence-corrected chi connectivity index (χ1v) is 16.0. The van der Waals surface area contributed by atoms with Crippen molar-refractivity contribution >= 4 is 57.1 Å². The predicted octanol–water partition coefficient (Wildman–Crippen LogP) is 8.76. The fourth-order valence-corrected chi connectivity index (χ4v) is 7.27. The first-order valence-electron chi connectivity index (χ1n) is 13.8. The van der Waals surface area contributed by atoms with Gasteiger partial charge in [-0.2, -0.15) is 0 Å². The maximum Gasteiger partial charge on any atom is 0.312 e. The van der Waals surface area contributed by atoms with Crippen molar-refractivity contribution in [2.75, 3.05) is 6.61 Å². The molecule has 5 nitrogen and oxygen atoms in total. The van der Waals surface area contributed by atoms with E-state index in [0.717, 1.165) is 51.2 Å². The van der Waals surface area contributed by atoms with Gasteiger partial charge in [-0.05, 0) is 147 Å². The van der Waals surface area contributed by atoms with Crippen LogP contribution in [0.15, 0.2) is 12.1 Å².